The van der Waals surface area contributed by atoms with E-state index in [0.717, 1.165) is 55.5 Å². The number of anilines is 2. The van der Waals surface area contributed by atoms with Gasteiger partial charge in [-0.2, -0.15) is 9.97 Å². The molecule has 236 valence electrons. The van der Waals surface area contributed by atoms with Crippen molar-refractivity contribution >= 4 is 28.2 Å². The molecule has 0 N–H and O–H groups in total. The summed E-state index contributed by atoms with van der Waals surface area (Å²) >= 11 is 0. The Kier molecular flexibility index (Phi) is 9.12. The molecular weight excluding hydrogens is 576 g/mol. The molecule has 2 atom stereocenters. The predicted molar refractivity (Wildman–Crippen MR) is 171 cm³/mol. The minimum Gasteiger partial charge on any atom is -0.462 e. The summed E-state index contributed by atoms with van der Waals surface area (Å²) in [6, 6.07) is 13.0. The third-order valence-electron chi connectivity index (χ3n) is 9.28. The van der Waals surface area contributed by atoms with Gasteiger partial charge in [-0.1, -0.05) is 30.3 Å². The Morgan fingerprint density at radius 1 is 1.11 bits per heavy atom. The first-order valence-electron chi connectivity index (χ1n) is 15.6. The van der Waals surface area contributed by atoms with Gasteiger partial charge in [0.05, 0.1) is 12.2 Å². The maximum absolute atomic E-state index is 12.8. The van der Waals surface area contributed by atoms with E-state index in [-0.39, 0.29) is 6.54 Å². The molecule has 45 heavy (non-hydrogen) atoms. The first-order valence-corrected chi connectivity index (χ1v) is 15.6. The highest BCUT2D eigenvalue weighted by Crippen LogP contribution is 2.36. The van der Waals surface area contributed by atoms with Crippen LogP contribution < -0.4 is 14.5 Å². The highest BCUT2D eigenvalue weighted by molar-refractivity contribution is 5.97. The molecule has 0 unspecified atom stereocenters. The molecule has 0 aliphatic carbocycles. The van der Waals surface area contributed by atoms with Crippen LogP contribution in [0.4, 0.5) is 20.3 Å². The number of piperazine rings is 1. The maximum atomic E-state index is 12.8. The lowest BCUT2D eigenvalue weighted by atomic mass is 9.99. The second kappa shape index (κ2) is 13.4. The van der Waals surface area contributed by atoms with Crippen LogP contribution in [0.3, 0.4) is 0 Å². The molecule has 11 heteroatoms. The molecule has 3 aliphatic heterocycles. The Morgan fingerprint density at radius 2 is 1.93 bits per heavy atom. The van der Waals surface area contributed by atoms with Gasteiger partial charge in [-0.25, -0.2) is 15.4 Å². The molecular formula is C34H39F2N7O2. The van der Waals surface area contributed by atoms with Crippen LogP contribution in [-0.2, 0) is 17.8 Å². The van der Waals surface area contributed by atoms with Gasteiger partial charge in [-0.3, -0.25) is 4.79 Å². The standard InChI is InChI=1S/C34H39F2N7O2/c1-23-7-4-8-24-9-5-11-29(32(23)24)41-16-14-27-28(21-41)38-34(45-22-25-10-6-15-40(25)3)39-33(27)42-17-18-43(26(20-42)19-37-2)31(44)13-12-30(35)36/h4-5,7-9,11-13,25-26,30H,6,10,14-22H2,1,3H3/b13-12+/t25-,26-/m0/s1. The number of hydrogen-bond donors (Lipinski definition) is 0. The van der Waals surface area contributed by atoms with Crippen LogP contribution in [0.2, 0.25) is 0 Å². The number of allylic oxidation sites excluding steroid dienone is 1. The summed E-state index contributed by atoms with van der Waals surface area (Å²) in [5.41, 5.74) is 4.36. The van der Waals surface area contributed by atoms with Gasteiger partial charge in [-0.15, -0.1) is 0 Å². The number of likely N-dealkylation sites (N-methyl/N-ethyl adjacent to an activating group) is 1. The number of halogens is 2. The van der Waals surface area contributed by atoms with E-state index < -0.39 is 18.4 Å². The van der Waals surface area contributed by atoms with Gasteiger partial charge >= 0.3 is 6.01 Å². The number of aryl methyl sites for hydroxylation is 1. The van der Waals surface area contributed by atoms with E-state index >= 15 is 0 Å². The van der Waals surface area contributed by atoms with Crippen LogP contribution in [0.15, 0.2) is 48.6 Å². The number of aromatic nitrogens is 2. The second-order valence-corrected chi connectivity index (χ2v) is 12.1. The van der Waals surface area contributed by atoms with E-state index in [9.17, 15) is 13.6 Å². The number of nitrogens with zero attached hydrogens (tertiary/aromatic N) is 7. The normalized spacial score (nSPS) is 20.7. The summed E-state index contributed by atoms with van der Waals surface area (Å²) in [4.78, 5) is 34.6. The van der Waals surface area contributed by atoms with Crippen LogP contribution in [0, 0.1) is 13.5 Å². The molecule has 3 aromatic rings. The zero-order valence-corrected chi connectivity index (χ0v) is 25.8. The van der Waals surface area contributed by atoms with Crippen molar-refractivity contribution in [3.05, 3.63) is 76.8 Å². The minimum atomic E-state index is -2.71. The summed E-state index contributed by atoms with van der Waals surface area (Å²) in [5.74, 6) is 0.271. The summed E-state index contributed by atoms with van der Waals surface area (Å²) in [6.45, 7) is 13.8. The van der Waals surface area contributed by atoms with Gasteiger partial charge in [0.25, 0.3) is 6.43 Å². The maximum Gasteiger partial charge on any atom is 0.318 e. The van der Waals surface area contributed by atoms with Gasteiger partial charge in [-0.05, 0) is 62.9 Å². The van der Waals surface area contributed by atoms with Gasteiger partial charge < -0.3 is 29.2 Å². The minimum absolute atomic E-state index is 0.0730. The van der Waals surface area contributed by atoms with Crippen molar-refractivity contribution in [3.8, 4) is 6.01 Å². The quantitative estimate of drug-likeness (QED) is 0.268. The van der Waals surface area contributed by atoms with E-state index in [4.69, 9.17) is 21.3 Å². The lowest BCUT2D eigenvalue weighted by Gasteiger charge is -2.41. The molecule has 1 amide bonds. The molecule has 2 saturated heterocycles. The average molecular weight is 616 g/mol. The molecule has 6 rings (SSSR count). The largest absolute Gasteiger partial charge is 0.462 e. The highest BCUT2D eigenvalue weighted by atomic mass is 19.3. The van der Waals surface area contributed by atoms with Crippen LogP contribution in [0.5, 0.6) is 6.01 Å². The van der Waals surface area contributed by atoms with Crippen molar-refractivity contribution in [2.24, 2.45) is 0 Å². The number of carbonyl (C=O) groups excluding carboxylic acids is 1. The zero-order chi connectivity index (χ0) is 31.5. The number of ether oxygens (including phenoxy) is 1. The van der Waals surface area contributed by atoms with E-state index in [1.54, 1.807) is 0 Å². The van der Waals surface area contributed by atoms with E-state index in [2.05, 4.69) is 69.9 Å². The van der Waals surface area contributed by atoms with Gasteiger partial charge in [0.2, 0.25) is 12.5 Å². The lowest BCUT2D eigenvalue weighted by Crippen LogP contribution is -2.56. The highest BCUT2D eigenvalue weighted by Gasteiger charge is 2.35. The summed E-state index contributed by atoms with van der Waals surface area (Å²) in [5, 5.41) is 2.44. The molecule has 0 bridgehead atoms. The van der Waals surface area contributed by atoms with Crippen molar-refractivity contribution in [3.63, 3.8) is 0 Å². The molecule has 3 aliphatic rings. The third-order valence-corrected chi connectivity index (χ3v) is 9.28. The van der Waals surface area contributed by atoms with Crippen molar-refractivity contribution in [1.82, 2.24) is 19.8 Å². The van der Waals surface area contributed by atoms with Gasteiger partial charge in [0.15, 0.2) is 0 Å². The molecule has 1 aromatic heterocycles. The Morgan fingerprint density at radius 3 is 2.69 bits per heavy atom. The fourth-order valence-electron chi connectivity index (χ4n) is 6.90. The first-order chi connectivity index (χ1) is 21.8. The van der Waals surface area contributed by atoms with E-state index in [1.165, 1.54) is 26.9 Å². The Labute approximate surface area is 262 Å². The molecule has 0 radical (unpaired) electrons. The number of carbonyl (C=O) groups is 1. The average Bonchev–Trinajstić information content (AvgIpc) is 3.46. The Hall–Kier alpha value is -4.30. The van der Waals surface area contributed by atoms with Crippen LogP contribution in [-0.4, -0.2) is 97.1 Å². The number of fused-ring (bicyclic) bond motifs is 2. The molecule has 4 heterocycles. The zero-order valence-electron chi connectivity index (χ0n) is 25.8. The molecule has 2 fully saturated rings. The van der Waals surface area contributed by atoms with Crippen molar-refractivity contribution < 1.29 is 18.3 Å². The van der Waals surface area contributed by atoms with Gasteiger partial charge in [0.1, 0.15) is 18.5 Å². The topological polar surface area (TPSA) is 69.4 Å². The number of rotatable bonds is 8. The molecule has 2 aromatic carbocycles. The smallest absolute Gasteiger partial charge is 0.318 e. The summed E-state index contributed by atoms with van der Waals surface area (Å²) in [6.07, 6.45) is 1.73. The summed E-state index contributed by atoms with van der Waals surface area (Å²) in [7, 11) is 2.11. The second-order valence-electron chi connectivity index (χ2n) is 12.1. The number of amides is 1. The van der Waals surface area contributed by atoms with Gasteiger partial charge in [0, 0.05) is 54.9 Å². The monoisotopic (exact) mass is 615 g/mol. The SMILES string of the molecule is [C-]#[N+]C[C@H]1CN(c2nc(OC[C@@H]3CCCN3C)nc3c2CCN(c2cccc4cccc(C)c24)C3)CCN1C(=O)/C=C/C(F)F. The fourth-order valence-corrected chi connectivity index (χ4v) is 6.90. The van der Waals surface area contributed by atoms with Crippen molar-refractivity contribution in [2.75, 3.05) is 62.7 Å². The van der Waals surface area contributed by atoms with E-state index in [0.29, 0.717) is 50.9 Å². The fraction of sp³-hybridized carbons (Fsp3) is 0.471. The van der Waals surface area contributed by atoms with Crippen LogP contribution in [0.1, 0.15) is 29.7 Å². The van der Waals surface area contributed by atoms with Crippen LogP contribution >= 0.6 is 0 Å². The number of alkyl halides is 2. The van der Waals surface area contributed by atoms with Crippen molar-refractivity contribution in [2.45, 2.75) is 51.2 Å². The Balaban J connectivity index is 1.32. The number of hydrogen-bond acceptors (Lipinski definition) is 7. The molecule has 0 spiro atoms. The number of likely N-dealkylation sites (tertiary alicyclic amines) is 1. The summed E-state index contributed by atoms with van der Waals surface area (Å²) < 4.78 is 31.8. The van der Waals surface area contributed by atoms with E-state index in [1.807, 2.05) is 0 Å². The molecule has 9 nitrogen and oxygen atoms in total. The predicted octanol–water partition coefficient (Wildman–Crippen LogP) is 4.73. The number of benzene rings is 2. The van der Waals surface area contributed by atoms with Crippen molar-refractivity contribution in [1.29, 1.82) is 0 Å². The Bertz CT molecular complexity index is 1620. The van der Waals surface area contributed by atoms with Crippen LogP contribution in [0.25, 0.3) is 15.6 Å². The molecule has 0 saturated carbocycles. The third kappa shape index (κ3) is 6.57. The lowest BCUT2D eigenvalue weighted by molar-refractivity contribution is -0.128. The first kappa shape index (κ1) is 30.7.